The molecule has 2 aromatic rings. The number of nitrogens with zero attached hydrogens (tertiary/aromatic N) is 3. The normalized spacial score (nSPS) is 12.6. The van der Waals surface area contributed by atoms with E-state index in [1.807, 2.05) is 18.3 Å². The monoisotopic (exact) mass is 272 g/mol. The van der Waals surface area contributed by atoms with Crippen molar-refractivity contribution in [2.75, 3.05) is 6.54 Å². The first-order valence-electron chi connectivity index (χ1n) is 7.39. The second-order valence-electron chi connectivity index (χ2n) is 5.08. The molecule has 108 valence electrons. The van der Waals surface area contributed by atoms with Gasteiger partial charge in [0.1, 0.15) is 0 Å². The molecular formula is C16H24N4. The van der Waals surface area contributed by atoms with Gasteiger partial charge in [-0.3, -0.25) is 9.67 Å². The molecule has 0 aliphatic carbocycles. The molecule has 0 bridgehead atoms. The number of hydrogen-bond donors (Lipinski definition) is 1. The van der Waals surface area contributed by atoms with Crippen LogP contribution < -0.4 is 5.32 Å². The molecule has 1 atom stereocenters. The molecule has 0 aliphatic rings. The van der Waals surface area contributed by atoms with Crippen LogP contribution in [0, 0.1) is 6.92 Å². The Balaban J connectivity index is 2.08. The fraction of sp³-hybridized carbons (Fsp3) is 0.500. The predicted molar refractivity (Wildman–Crippen MR) is 81.7 cm³/mol. The van der Waals surface area contributed by atoms with E-state index >= 15 is 0 Å². The van der Waals surface area contributed by atoms with Gasteiger partial charge in [0.25, 0.3) is 0 Å². The maximum absolute atomic E-state index is 4.52. The summed E-state index contributed by atoms with van der Waals surface area (Å²) in [6, 6.07) is 8.68. The first kappa shape index (κ1) is 14.7. The quantitative estimate of drug-likeness (QED) is 0.841. The van der Waals surface area contributed by atoms with Crippen LogP contribution >= 0.6 is 0 Å². The molecule has 0 fully saturated rings. The maximum Gasteiger partial charge on any atom is 0.0596 e. The van der Waals surface area contributed by atoms with Crippen LogP contribution in [0.2, 0.25) is 0 Å². The fourth-order valence-corrected chi connectivity index (χ4v) is 2.57. The summed E-state index contributed by atoms with van der Waals surface area (Å²) < 4.78 is 2.10. The molecule has 4 nitrogen and oxygen atoms in total. The molecule has 0 aromatic carbocycles. The van der Waals surface area contributed by atoms with Crippen LogP contribution in [0.1, 0.15) is 30.9 Å². The van der Waals surface area contributed by atoms with Crippen molar-refractivity contribution in [1.29, 1.82) is 0 Å². The zero-order chi connectivity index (χ0) is 14.4. The van der Waals surface area contributed by atoms with Crippen LogP contribution in [0.25, 0.3) is 0 Å². The summed E-state index contributed by atoms with van der Waals surface area (Å²) in [6.45, 7) is 8.23. The first-order valence-corrected chi connectivity index (χ1v) is 7.39. The minimum atomic E-state index is 0.399. The van der Waals surface area contributed by atoms with Crippen molar-refractivity contribution in [3.05, 3.63) is 47.5 Å². The molecular weight excluding hydrogens is 248 g/mol. The van der Waals surface area contributed by atoms with E-state index in [1.165, 1.54) is 5.69 Å². The number of aryl methyl sites for hydroxylation is 2. The lowest BCUT2D eigenvalue weighted by Gasteiger charge is -2.18. The van der Waals surface area contributed by atoms with Crippen LogP contribution in [0.3, 0.4) is 0 Å². The Bertz CT molecular complexity index is 519. The van der Waals surface area contributed by atoms with Gasteiger partial charge in [0.2, 0.25) is 0 Å². The van der Waals surface area contributed by atoms with Crippen LogP contribution in [0.4, 0.5) is 0 Å². The third-order valence-corrected chi connectivity index (χ3v) is 3.42. The molecule has 2 rings (SSSR count). The van der Waals surface area contributed by atoms with Crippen molar-refractivity contribution in [3.63, 3.8) is 0 Å². The minimum Gasteiger partial charge on any atom is -0.313 e. The predicted octanol–water partition coefficient (Wildman–Crippen LogP) is 2.37. The molecule has 1 N–H and O–H groups in total. The molecule has 2 heterocycles. The Labute approximate surface area is 121 Å². The minimum absolute atomic E-state index is 0.399. The topological polar surface area (TPSA) is 42.7 Å². The number of nitrogens with one attached hydrogen (secondary N) is 1. The van der Waals surface area contributed by atoms with E-state index in [1.54, 1.807) is 0 Å². The smallest absolute Gasteiger partial charge is 0.0596 e. The number of pyridine rings is 1. The number of hydrogen-bond acceptors (Lipinski definition) is 3. The van der Waals surface area contributed by atoms with Gasteiger partial charge in [0.15, 0.2) is 0 Å². The second kappa shape index (κ2) is 7.20. The Hall–Kier alpha value is -1.68. The number of likely N-dealkylation sites (N-methyl/N-ethyl adjacent to an activating group) is 1. The van der Waals surface area contributed by atoms with E-state index in [0.29, 0.717) is 6.04 Å². The second-order valence-corrected chi connectivity index (χ2v) is 5.08. The fourth-order valence-electron chi connectivity index (χ4n) is 2.57. The summed E-state index contributed by atoms with van der Waals surface area (Å²) in [4.78, 5) is 4.43. The highest BCUT2D eigenvalue weighted by Crippen LogP contribution is 2.10. The van der Waals surface area contributed by atoms with Gasteiger partial charge in [-0.25, -0.2) is 0 Å². The third-order valence-electron chi connectivity index (χ3n) is 3.42. The van der Waals surface area contributed by atoms with Gasteiger partial charge in [-0.15, -0.1) is 0 Å². The summed E-state index contributed by atoms with van der Waals surface area (Å²) in [7, 11) is 0. The molecule has 1 unspecified atom stereocenters. The molecule has 20 heavy (non-hydrogen) atoms. The largest absolute Gasteiger partial charge is 0.313 e. The Morgan fingerprint density at radius 1 is 1.25 bits per heavy atom. The van der Waals surface area contributed by atoms with Crippen LogP contribution in [0.15, 0.2) is 30.5 Å². The maximum atomic E-state index is 4.52. The lowest BCUT2D eigenvalue weighted by atomic mass is 10.0. The molecule has 0 radical (unpaired) electrons. The van der Waals surface area contributed by atoms with Gasteiger partial charge in [0, 0.05) is 43.0 Å². The first-order chi connectivity index (χ1) is 9.72. The van der Waals surface area contributed by atoms with Crippen molar-refractivity contribution < 1.29 is 0 Å². The van der Waals surface area contributed by atoms with Crippen molar-refractivity contribution >= 4 is 0 Å². The summed E-state index contributed by atoms with van der Waals surface area (Å²) >= 11 is 0. The summed E-state index contributed by atoms with van der Waals surface area (Å²) in [5, 5.41) is 8.08. The zero-order valence-corrected chi connectivity index (χ0v) is 12.6. The molecule has 0 aliphatic heterocycles. The summed E-state index contributed by atoms with van der Waals surface area (Å²) in [5.74, 6) is 0. The van der Waals surface area contributed by atoms with Gasteiger partial charge in [-0.2, -0.15) is 5.10 Å². The van der Waals surface area contributed by atoms with E-state index in [-0.39, 0.29) is 0 Å². The van der Waals surface area contributed by atoms with E-state index in [0.717, 1.165) is 37.3 Å². The van der Waals surface area contributed by atoms with E-state index in [9.17, 15) is 0 Å². The number of aromatic nitrogens is 3. The average Bonchev–Trinajstić information content (AvgIpc) is 2.80. The highest BCUT2D eigenvalue weighted by Gasteiger charge is 2.13. The molecule has 0 spiro atoms. The standard InChI is InChI=1S/C16H24N4/c1-4-17-15(11-14-8-6-7-9-18-14)12-16-10-13(3)19-20(16)5-2/h6-10,15,17H,4-5,11-12H2,1-3H3. The third kappa shape index (κ3) is 3.90. The summed E-state index contributed by atoms with van der Waals surface area (Å²) in [6.07, 6.45) is 3.79. The molecule has 4 heteroatoms. The molecule has 2 aromatic heterocycles. The SMILES string of the molecule is CCNC(Cc1ccccn1)Cc1cc(C)nn1CC. The highest BCUT2D eigenvalue weighted by atomic mass is 15.3. The Morgan fingerprint density at radius 3 is 2.75 bits per heavy atom. The van der Waals surface area contributed by atoms with Crippen molar-refractivity contribution in [2.24, 2.45) is 0 Å². The van der Waals surface area contributed by atoms with E-state index < -0.39 is 0 Å². The zero-order valence-electron chi connectivity index (χ0n) is 12.6. The van der Waals surface area contributed by atoms with Gasteiger partial charge in [-0.05, 0) is 38.6 Å². The van der Waals surface area contributed by atoms with E-state index in [2.05, 4.69) is 53.0 Å². The van der Waals surface area contributed by atoms with Gasteiger partial charge in [-0.1, -0.05) is 13.0 Å². The molecule has 0 amide bonds. The Morgan fingerprint density at radius 2 is 2.10 bits per heavy atom. The number of rotatable bonds is 7. The van der Waals surface area contributed by atoms with Crippen LogP contribution in [-0.4, -0.2) is 27.4 Å². The molecule has 0 saturated carbocycles. The van der Waals surface area contributed by atoms with Crippen molar-refractivity contribution in [2.45, 2.75) is 46.2 Å². The van der Waals surface area contributed by atoms with E-state index in [4.69, 9.17) is 0 Å². The lowest BCUT2D eigenvalue weighted by Crippen LogP contribution is -2.34. The van der Waals surface area contributed by atoms with Gasteiger partial charge >= 0.3 is 0 Å². The average molecular weight is 272 g/mol. The molecule has 0 saturated heterocycles. The van der Waals surface area contributed by atoms with Crippen molar-refractivity contribution in [3.8, 4) is 0 Å². The summed E-state index contributed by atoms with van der Waals surface area (Å²) in [5.41, 5.74) is 3.53. The highest BCUT2D eigenvalue weighted by molar-refractivity contribution is 5.12. The Kier molecular flexibility index (Phi) is 5.30. The lowest BCUT2D eigenvalue weighted by molar-refractivity contribution is 0.492. The van der Waals surface area contributed by atoms with Gasteiger partial charge in [0.05, 0.1) is 5.69 Å². The van der Waals surface area contributed by atoms with Crippen LogP contribution in [-0.2, 0) is 19.4 Å². The van der Waals surface area contributed by atoms with Crippen molar-refractivity contribution in [1.82, 2.24) is 20.1 Å². The van der Waals surface area contributed by atoms with Crippen LogP contribution in [0.5, 0.6) is 0 Å². The van der Waals surface area contributed by atoms with Gasteiger partial charge < -0.3 is 5.32 Å².